The van der Waals surface area contributed by atoms with Crippen molar-refractivity contribution in [1.29, 1.82) is 5.41 Å². The Kier molecular flexibility index (Phi) is 3.84. The molecule has 0 atom stereocenters. The maximum atomic E-state index is 7.77. The molecule has 21 heavy (non-hydrogen) atoms. The van der Waals surface area contributed by atoms with Gasteiger partial charge >= 0.3 is 0 Å². The second-order valence-electron chi connectivity index (χ2n) is 5.37. The molecule has 1 aliphatic heterocycles. The van der Waals surface area contributed by atoms with E-state index in [9.17, 15) is 0 Å². The summed E-state index contributed by atoms with van der Waals surface area (Å²) in [6.45, 7) is 1.77. The van der Waals surface area contributed by atoms with Crippen molar-refractivity contribution in [2.45, 2.75) is 19.4 Å². The second kappa shape index (κ2) is 5.78. The molecule has 4 heteroatoms. The zero-order valence-electron chi connectivity index (χ0n) is 11.8. The summed E-state index contributed by atoms with van der Waals surface area (Å²) in [6, 6.07) is 14.1. The summed E-state index contributed by atoms with van der Waals surface area (Å²) < 4.78 is 0. The fraction of sp³-hybridized carbons (Fsp3) is 0.235. The molecule has 108 valence electrons. The number of nitrogens with two attached hydrogens (primary N) is 1. The van der Waals surface area contributed by atoms with Crippen LogP contribution in [0.1, 0.15) is 23.1 Å². The average molecular weight is 300 g/mol. The first-order chi connectivity index (χ1) is 10.1. The molecule has 0 saturated heterocycles. The number of nitrogen functional groups attached to an aromatic ring is 1. The highest BCUT2D eigenvalue weighted by Crippen LogP contribution is 2.29. The number of hydrogen-bond donors (Lipinski definition) is 2. The van der Waals surface area contributed by atoms with E-state index in [0.717, 1.165) is 37.2 Å². The number of aryl methyl sites for hydroxylation is 1. The first-order valence-electron chi connectivity index (χ1n) is 7.11. The van der Waals surface area contributed by atoms with Gasteiger partial charge in [-0.2, -0.15) is 0 Å². The van der Waals surface area contributed by atoms with Gasteiger partial charge in [-0.25, -0.2) is 0 Å². The summed E-state index contributed by atoms with van der Waals surface area (Å²) in [6.07, 6.45) is 2.17. The fourth-order valence-corrected chi connectivity index (χ4v) is 3.07. The normalized spacial score (nSPS) is 14.4. The Balaban J connectivity index is 2.01. The smallest absolute Gasteiger partial charge is 0.124 e. The van der Waals surface area contributed by atoms with Crippen molar-refractivity contribution < 1.29 is 0 Å². The first kappa shape index (κ1) is 14.0. The highest BCUT2D eigenvalue weighted by molar-refractivity contribution is 6.31. The molecule has 3 rings (SSSR count). The summed E-state index contributed by atoms with van der Waals surface area (Å²) in [5, 5.41) is 8.45. The van der Waals surface area contributed by atoms with Crippen molar-refractivity contribution in [2.75, 3.05) is 11.4 Å². The Hall–Kier alpha value is -2.00. The molecule has 0 fully saturated rings. The van der Waals surface area contributed by atoms with Crippen LogP contribution >= 0.6 is 11.6 Å². The first-order valence-corrected chi connectivity index (χ1v) is 7.48. The van der Waals surface area contributed by atoms with Crippen LogP contribution in [-0.2, 0) is 13.0 Å². The third-order valence-corrected chi connectivity index (χ3v) is 4.18. The fourth-order valence-electron chi connectivity index (χ4n) is 2.90. The largest absolute Gasteiger partial charge is 0.384 e. The van der Waals surface area contributed by atoms with Crippen molar-refractivity contribution in [3.05, 3.63) is 64.2 Å². The van der Waals surface area contributed by atoms with Gasteiger partial charge < -0.3 is 10.6 Å². The molecule has 0 bridgehead atoms. The predicted molar refractivity (Wildman–Crippen MR) is 88.3 cm³/mol. The van der Waals surface area contributed by atoms with E-state index in [1.807, 2.05) is 12.1 Å². The van der Waals surface area contributed by atoms with Crippen molar-refractivity contribution in [3.8, 4) is 0 Å². The minimum Gasteiger partial charge on any atom is -0.384 e. The molecular weight excluding hydrogens is 282 g/mol. The van der Waals surface area contributed by atoms with Gasteiger partial charge in [0.05, 0.1) is 0 Å². The predicted octanol–water partition coefficient (Wildman–Crippen LogP) is 3.58. The lowest BCUT2D eigenvalue weighted by Gasteiger charge is -2.26. The molecule has 3 N–H and O–H groups in total. The van der Waals surface area contributed by atoms with Crippen LogP contribution in [0.25, 0.3) is 0 Å². The maximum Gasteiger partial charge on any atom is 0.124 e. The van der Waals surface area contributed by atoms with Gasteiger partial charge in [0.1, 0.15) is 5.84 Å². The molecule has 2 aromatic carbocycles. The monoisotopic (exact) mass is 299 g/mol. The standard InChI is InChI=1S/C17H18ClN3/c18-14-7-8-15(17(19)20)16(10-14)21-9-3-6-12-4-1-2-5-13(12)11-21/h1-2,4-5,7-8,10H,3,6,9,11H2,(H3,19,20). The highest BCUT2D eigenvalue weighted by Gasteiger charge is 2.18. The Bertz CT molecular complexity index is 681. The quantitative estimate of drug-likeness (QED) is 0.658. The topological polar surface area (TPSA) is 53.1 Å². The molecule has 0 radical (unpaired) electrons. The van der Waals surface area contributed by atoms with Gasteiger partial charge in [0.25, 0.3) is 0 Å². The van der Waals surface area contributed by atoms with E-state index in [-0.39, 0.29) is 5.84 Å². The molecule has 0 saturated carbocycles. The summed E-state index contributed by atoms with van der Waals surface area (Å²) in [5.41, 5.74) is 10.2. The number of nitrogens with zero attached hydrogens (tertiary/aromatic N) is 1. The number of anilines is 1. The van der Waals surface area contributed by atoms with Crippen LogP contribution in [-0.4, -0.2) is 12.4 Å². The van der Waals surface area contributed by atoms with E-state index in [1.165, 1.54) is 11.1 Å². The minimum atomic E-state index is 0.0826. The van der Waals surface area contributed by atoms with Crippen LogP contribution in [0, 0.1) is 5.41 Å². The summed E-state index contributed by atoms with van der Waals surface area (Å²) >= 11 is 6.14. The number of halogens is 1. The van der Waals surface area contributed by atoms with E-state index in [0.29, 0.717) is 5.02 Å². The van der Waals surface area contributed by atoms with Gasteiger partial charge in [-0.15, -0.1) is 0 Å². The van der Waals surface area contributed by atoms with Crippen molar-refractivity contribution >= 4 is 23.1 Å². The van der Waals surface area contributed by atoms with Gasteiger partial charge in [0.15, 0.2) is 0 Å². The third-order valence-electron chi connectivity index (χ3n) is 3.94. The lowest BCUT2D eigenvalue weighted by atomic mass is 10.0. The van der Waals surface area contributed by atoms with E-state index >= 15 is 0 Å². The lowest BCUT2D eigenvalue weighted by molar-refractivity contribution is 0.765. The number of nitrogens with one attached hydrogen (secondary N) is 1. The van der Waals surface area contributed by atoms with Gasteiger partial charge in [-0.1, -0.05) is 35.9 Å². The van der Waals surface area contributed by atoms with Crippen LogP contribution in [0.3, 0.4) is 0 Å². The number of benzene rings is 2. The minimum absolute atomic E-state index is 0.0826. The zero-order chi connectivity index (χ0) is 14.8. The van der Waals surface area contributed by atoms with Crippen LogP contribution in [0.15, 0.2) is 42.5 Å². The van der Waals surface area contributed by atoms with E-state index in [4.69, 9.17) is 22.7 Å². The van der Waals surface area contributed by atoms with Crippen molar-refractivity contribution in [2.24, 2.45) is 5.73 Å². The molecule has 0 amide bonds. The maximum absolute atomic E-state index is 7.77. The van der Waals surface area contributed by atoms with Gasteiger partial charge in [0, 0.05) is 29.4 Å². The van der Waals surface area contributed by atoms with Crippen molar-refractivity contribution in [3.63, 3.8) is 0 Å². The molecule has 0 spiro atoms. The number of amidine groups is 1. The Morgan fingerprint density at radius 1 is 1.14 bits per heavy atom. The molecule has 0 aliphatic carbocycles. The van der Waals surface area contributed by atoms with E-state index in [1.54, 1.807) is 6.07 Å². The van der Waals surface area contributed by atoms with E-state index in [2.05, 4.69) is 29.2 Å². The Morgan fingerprint density at radius 2 is 1.90 bits per heavy atom. The SMILES string of the molecule is N=C(N)c1ccc(Cl)cc1N1CCCc2ccccc2C1. The number of fused-ring (bicyclic) bond motifs is 1. The van der Waals surface area contributed by atoms with E-state index < -0.39 is 0 Å². The van der Waals surface area contributed by atoms with Crippen LogP contribution in [0.5, 0.6) is 0 Å². The summed E-state index contributed by atoms with van der Waals surface area (Å²) in [4.78, 5) is 2.27. The highest BCUT2D eigenvalue weighted by atomic mass is 35.5. The number of hydrogen-bond acceptors (Lipinski definition) is 2. The molecule has 0 unspecified atom stereocenters. The second-order valence-corrected chi connectivity index (χ2v) is 5.81. The number of rotatable bonds is 2. The molecule has 2 aromatic rings. The summed E-state index contributed by atoms with van der Waals surface area (Å²) in [5.74, 6) is 0.0826. The Labute approximate surface area is 129 Å². The molecular formula is C17H18ClN3. The Morgan fingerprint density at radius 3 is 2.67 bits per heavy atom. The zero-order valence-corrected chi connectivity index (χ0v) is 12.5. The molecule has 1 aliphatic rings. The lowest BCUT2D eigenvalue weighted by Crippen LogP contribution is -2.26. The van der Waals surface area contributed by atoms with Crippen LogP contribution in [0.2, 0.25) is 5.02 Å². The van der Waals surface area contributed by atoms with Gasteiger partial charge in [-0.3, -0.25) is 5.41 Å². The van der Waals surface area contributed by atoms with Crippen molar-refractivity contribution in [1.82, 2.24) is 0 Å². The van der Waals surface area contributed by atoms with Gasteiger partial charge in [-0.05, 0) is 42.2 Å². The van der Waals surface area contributed by atoms with Crippen LogP contribution in [0.4, 0.5) is 5.69 Å². The van der Waals surface area contributed by atoms with Gasteiger partial charge in [0.2, 0.25) is 0 Å². The molecule has 0 aromatic heterocycles. The van der Waals surface area contributed by atoms with Crippen LogP contribution < -0.4 is 10.6 Å². The molecule has 3 nitrogen and oxygen atoms in total. The summed E-state index contributed by atoms with van der Waals surface area (Å²) in [7, 11) is 0. The molecule has 1 heterocycles. The average Bonchev–Trinajstić information content (AvgIpc) is 2.68. The third kappa shape index (κ3) is 2.88.